The molecule has 2 heterocycles. The summed E-state index contributed by atoms with van der Waals surface area (Å²) in [6.07, 6.45) is 2.85. The number of carbonyl (C=O) groups excluding carboxylic acids is 1. The quantitative estimate of drug-likeness (QED) is 0.256. The van der Waals surface area contributed by atoms with E-state index in [1.165, 1.54) is 6.26 Å². The molecule has 0 spiro atoms. The lowest BCUT2D eigenvalue weighted by Gasteiger charge is -2.29. The SMILES string of the molecule is CCCOC(=O)c1ccc(Oc2coc3c4c(ccc3c2=O)OCN(CCc2ccccc2Cl)C4)cc1. The molecule has 190 valence electrons. The minimum Gasteiger partial charge on any atom is -0.478 e. The fourth-order valence-corrected chi connectivity index (χ4v) is 4.42. The summed E-state index contributed by atoms with van der Waals surface area (Å²) >= 11 is 6.30. The number of esters is 1. The summed E-state index contributed by atoms with van der Waals surface area (Å²) < 4.78 is 22.8. The number of hydrogen-bond acceptors (Lipinski definition) is 7. The van der Waals surface area contributed by atoms with E-state index in [0.717, 1.165) is 35.5 Å². The molecular weight excluding hydrogens is 494 g/mol. The van der Waals surface area contributed by atoms with Crippen molar-refractivity contribution in [2.75, 3.05) is 19.9 Å². The van der Waals surface area contributed by atoms with E-state index in [1.54, 1.807) is 36.4 Å². The number of carbonyl (C=O) groups is 1. The van der Waals surface area contributed by atoms with Crippen molar-refractivity contribution in [3.05, 3.63) is 98.9 Å². The van der Waals surface area contributed by atoms with E-state index in [2.05, 4.69) is 4.90 Å². The van der Waals surface area contributed by atoms with Crippen LogP contribution in [-0.4, -0.2) is 30.8 Å². The summed E-state index contributed by atoms with van der Waals surface area (Å²) in [5.41, 5.74) is 2.50. The van der Waals surface area contributed by atoms with Gasteiger partial charge in [0.25, 0.3) is 0 Å². The molecule has 7 nitrogen and oxygen atoms in total. The molecule has 0 atom stereocenters. The van der Waals surface area contributed by atoms with Gasteiger partial charge in [-0.25, -0.2) is 4.79 Å². The molecule has 0 saturated heterocycles. The van der Waals surface area contributed by atoms with Crippen LogP contribution in [0.5, 0.6) is 17.2 Å². The zero-order valence-corrected chi connectivity index (χ0v) is 21.1. The predicted octanol–water partition coefficient (Wildman–Crippen LogP) is 6.20. The lowest BCUT2D eigenvalue weighted by molar-refractivity contribution is 0.0505. The third-order valence-corrected chi connectivity index (χ3v) is 6.53. The van der Waals surface area contributed by atoms with Crippen molar-refractivity contribution in [2.24, 2.45) is 0 Å². The van der Waals surface area contributed by atoms with Crippen LogP contribution in [0.15, 0.2) is 76.1 Å². The third-order valence-electron chi connectivity index (χ3n) is 6.16. The number of ether oxygens (including phenoxy) is 3. The van der Waals surface area contributed by atoms with Gasteiger partial charge in [-0.05, 0) is 60.9 Å². The van der Waals surface area contributed by atoms with Crippen LogP contribution in [0.3, 0.4) is 0 Å². The van der Waals surface area contributed by atoms with Crippen LogP contribution in [0, 0.1) is 0 Å². The molecule has 0 aliphatic carbocycles. The van der Waals surface area contributed by atoms with Gasteiger partial charge in [-0.2, -0.15) is 0 Å². The second-order valence-corrected chi connectivity index (χ2v) is 9.18. The average molecular weight is 520 g/mol. The van der Waals surface area contributed by atoms with Gasteiger partial charge >= 0.3 is 5.97 Å². The molecule has 0 amide bonds. The topological polar surface area (TPSA) is 78.2 Å². The number of hydrogen-bond donors (Lipinski definition) is 0. The van der Waals surface area contributed by atoms with E-state index < -0.39 is 5.97 Å². The Bertz CT molecular complexity index is 1480. The Morgan fingerprint density at radius 1 is 1.08 bits per heavy atom. The smallest absolute Gasteiger partial charge is 0.338 e. The zero-order valence-electron chi connectivity index (χ0n) is 20.4. The first-order chi connectivity index (χ1) is 18.0. The minimum absolute atomic E-state index is 0.0565. The molecule has 1 aliphatic heterocycles. The van der Waals surface area contributed by atoms with Crippen molar-refractivity contribution in [1.29, 1.82) is 0 Å². The largest absolute Gasteiger partial charge is 0.478 e. The summed E-state index contributed by atoms with van der Waals surface area (Å²) in [4.78, 5) is 27.3. The highest BCUT2D eigenvalue weighted by Crippen LogP contribution is 2.33. The molecule has 8 heteroatoms. The van der Waals surface area contributed by atoms with Gasteiger partial charge in [-0.3, -0.25) is 9.69 Å². The molecule has 4 aromatic rings. The van der Waals surface area contributed by atoms with Gasteiger partial charge in [0.15, 0.2) is 0 Å². The summed E-state index contributed by atoms with van der Waals surface area (Å²) in [6, 6.07) is 17.7. The Balaban J connectivity index is 1.33. The number of rotatable bonds is 8. The summed E-state index contributed by atoms with van der Waals surface area (Å²) in [7, 11) is 0. The Morgan fingerprint density at radius 2 is 1.89 bits per heavy atom. The maximum absolute atomic E-state index is 13.2. The Kier molecular flexibility index (Phi) is 7.44. The van der Waals surface area contributed by atoms with Crippen LogP contribution >= 0.6 is 11.6 Å². The number of halogens is 1. The first kappa shape index (κ1) is 24.9. The standard InChI is InChI=1S/C29H26ClNO6/c1-2-15-34-29(33)20-7-9-21(10-8-20)37-26-17-35-28-22(27(26)32)11-12-25-23(28)16-31(18-36-25)14-13-19-5-3-4-6-24(19)30/h3-12,17H,2,13-16,18H2,1H3. The summed E-state index contributed by atoms with van der Waals surface area (Å²) in [6.45, 7) is 4.06. The highest BCUT2D eigenvalue weighted by atomic mass is 35.5. The molecule has 0 radical (unpaired) electrons. The number of benzene rings is 3. The van der Waals surface area contributed by atoms with Crippen LogP contribution in [0.2, 0.25) is 5.02 Å². The normalized spacial score (nSPS) is 13.1. The predicted molar refractivity (Wildman–Crippen MR) is 141 cm³/mol. The van der Waals surface area contributed by atoms with E-state index in [1.807, 2.05) is 31.2 Å². The van der Waals surface area contributed by atoms with Gasteiger partial charge < -0.3 is 18.6 Å². The second-order valence-electron chi connectivity index (χ2n) is 8.78. The van der Waals surface area contributed by atoms with Crippen LogP contribution in [0.25, 0.3) is 11.0 Å². The monoisotopic (exact) mass is 519 g/mol. The molecule has 0 N–H and O–H groups in total. The molecule has 0 fully saturated rings. The summed E-state index contributed by atoms with van der Waals surface area (Å²) in [5, 5.41) is 1.16. The molecule has 0 bridgehead atoms. The van der Waals surface area contributed by atoms with Crippen molar-refractivity contribution < 1.29 is 23.4 Å². The van der Waals surface area contributed by atoms with Crippen molar-refractivity contribution in [1.82, 2.24) is 4.90 Å². The fourth-order valence-electron chi connectivity index (χ4n) is 4.19. The lowest BCUT2D eigenvalue weighted by Crippen LogP contribution is -2.33. The number of nitrogens with zero attached hydrogens (tertiary/aromatic N) is 1. The van der Waals surface area contributed by atoms with Gasteiger partial charge in [0.2, 0.25) is 11.2 Å². The van der Waals surface area contributed by atoms with Crippen molar-refractivity contribution >= 4 is 28.5 Å². The van der Waals surface area contributed by atoms with E-state index in [9.17, 15) is 9.59 Å². The highest BCUT2D eigenvalue weighted by molar-refractivity contribution is 6.31. The van der Waals surface area contributed by atoms with Gasteiger partial charge in [-0.15, -0.1) is 0 Å². The van der Waals surface area contributed by atoms with Gasteiger partial charge in [0.05, 0.1) is 23.1 Å². The van der Waals surface area contributed by atoms with Crippen LogP contribution in [0.4, 0.5) is 0 Å². The molecule has 0 saturated carbocycles. The number of fused-ring (bicyclic) bond motifs is 3. The first-order valence-electron chi connectivity index (χ1n) is 12.1. The van der Waals surface area contributed by atoms with E-state index in [-0.39, 0.29) is 11.2 Å². The molecule has 3 aromatic carbocycles. The highest BCUT2D eigenvalue weighted by Gasteiger charge is 2.23. The third kappa shape index (κ3) is 5.48. The Hall–Kier alpha value is -3.81. The molecule has 5 rings (SSSR count). The fraction of sp³-hybridized carbons (Fsp3) is 0.241. The Labute approximate surface area is 219 Å². The van der Waals surface area contributed by atoms with Gasteiger partial charge in [0.1, 0.15) is 30.1 Å². The molecule has 37 heavy (non-hydrogen) atoms. The Morgan fingerprint density at radius 3 is 2.68 bits per heavy atom. The lowest BCUT2D eigenvalue weighted by atomic mass is 10.1. The first-order valence-corrected chi connectivity index (χ1v) is 12.5. The maximum atomic E-state index is 13.2. The van der Waals surface area contributed by atoms with E-state index >= 15 is 0 Å². The average Bonchev–Trinajstić information content (AvgIpc) is 2.93. The summed E-state index contributed by atoms with van der Waals surface area (Å²) in [5.74, 6) is 0.766. The maximum Gasteiger partial charge on any atom is 0.338 e. The van der Waals surface area contributed by atoms with Crippen molar-refractivity contribution in [2.45, 2.75) is 26.3 Å². The van der Waals surface area contributed by atoms with Crippen LogP contribution in [0.1, 0.15) is 34.8 Å². The molecule has 0 unspecified atom stereocenters. The molecule has 1 aromatic heterocycles. The van der Waals surface area contributed by atoms with E-state index in [4.69, 9.17) is 30.2 Å². The van der Waals surface area contributed by atoms with Crippen molar-refractivity contribution in [3.8, 4) is 17.2 Å². The molecule has 1 aliphatic rings. The minimum atomic E-state index is -0.397. The van der Waals surface area contributed by atoms with Crippen LogP contribution < -0.4 is 14.9 Å². The van der Waals surface area contributed by atoms with Crippen molar-refractivity contribution in [3.63, 3.8) is 0 Å². The van der Waals surface area contributed by atoms with E-state index in [0.29, 0.717) is 47.9 Å². The van der Waals surface area contributed by atoms with Gasteiger partial charge in [0, 0.05) is 18.1 Å². The second kappa shape index (κ2) is 11.1. The van der Waals surface area contributed by atoms with Crippen LogP contribution in [-0.2, 0) is 17.7 Å². The van der Waals surface area contributed by atoms with Gasteiger partial charge in [-0.1, -0.05) is 36.7 Å². The zero-order chi connectivity index (χ0) is 25.8. The molecular formula is C29H26ClNO6.